The molecule has 1 aliphatic heterocycles. The Balaban J connectivity index is 1.45. The van der Waals surface area contributed by atoms with Crippen molar-refractivity contribution in [3.8, 4) is 0 Å². The van der Waals surface area contributed by atoms with Crippen LogP contribution < -0.4 is 0 Å². The van der Waals surface area contributed by atoms with Crippen LogP contribution in [0.15, 0.2) is 47.4 Å². The van der Waals surface area contributed by atoms with Crippen molar-refractivity contribution >= 4 is 38.6 Å². The molecule has 0 atom stereocenters. The number of sulfonamides is 1. The van der Waals surface area contributed by atoms with Crippen LogP contribution in [0.2, 0.25) is 5.02 Å². The lowest BCUT2D eigenvalue weighted by atomic mass is 10.2. The van der Waals surface area contributed by atoms with Gasteiger partial charge in [0.05, 0.1) is 22.5 Å². The fourth-order valence-electron chi connectivity index (χ4n) is 3.87. The molecular weight excluding hydrogens is 450 g/mol. The van der Waals surface area contributed by atoms with Gasteiger partial charge in [0.25, 0.3) is 5.91 Å². The van der Waals surface area contributed by atoms with Gasteiger partial charge in [0.15, 0.2) is 0 Å². The van der Waals surface area contributed by atoms with E-state index in [0.29, 0.717) is 43.3 Å². The van der Waals surface area contributed by atoms with E-state index in [1.54, 1.807) is 43.3 Å². The molecule has 2 aromatic carbocycles. The van der Waals surface area contributed by atoms with Gasteiger partial charge >= 0.3 is 0 Å². The predicted octanol–water partition coefficient (Wildman–Crippen LogP) is 2.44. The van der Waals surface area contributed by atoms with Gasteiger partial charge in [-0.15, -0.1) is 0 Å². The molecule has 4 rings (SSSR count). The van der Waals surface area contributed by atoms with Crippen molar-refractivity contribution in [2.45, 2.75) is 11.4 Å². The third-order valence-corrected chi connectivity index (χ3v) is 7.94. The van der Waals surface area contributed by atoms with Crippen LogP contribution in [-0.4, -0.2) is 78.3 Å². The summed E-state index contributed by atoms with van der Waals surface area (Å²) in [4.78, 5) is 21.0. The Hall–Kier alpha value is -2.46. The fourth-order valence-corrected chi connectivity index (χ4v) is 5.41. The van der Waals surface area contributed by atoms with Crippen LogP contribution in [0.25, 0.3) is 11.0 Å². The van der Waals surface area contributed by atoms with Gasteiger partial charge < -0.3 is 9.47 Å². The molecule has 170 valence electrons. The molecular formula is C22H26ClN5O3S. The molecule has 0 bridgehead atoms. The molecule has 0 radical (unpaired) electrons. The molecule has 1 aliphatic rings. The van der Waals surface area contributed by atoms with E-state index in [2.05, 4.69) is 4.90 Å². The summed E-state index contributed by atoms with van der Waals surface area (Å²) in [6.07, 6.45) is 0. The van der Waals surface area contributed by atoms with E-state index in [9.17, 15) is 13.2 Å². The summed E-state index contributed by atoms with van der Waals surface area (Å²) in [5, 5.41) is 0.509. The number of benzene rings is 2. The molecule has 10 heteroatoms. The molecule has 8 nitrogen and oxygen atoms in total. The van der Waals surface area contributed by atoms with Crippen LogP contribution in [0.4, 0.5) is 0 Å². The molecule has 32 heavy (non-hydrogen) atoms. The molecule has 1 saturated heterocycles. The third-order valence-electron chi connectivity index (χ3n) is 5.77. The van der Waals surface area contributed by atoms with Crippen molar-refractivity contribution in [1.29, 1.82) is 0 Å². The number of carbonyl (C=O) groups is 1. The predicted molar refractivity (Wildman–Crippen MR) is 124 cm³/mol. The SMILES string of the molecule is CN(C)C(=O)c1ccc2c(c1)nc(CN1CCN(S(=O)(=O)c3ccc(Cl)cc3)CC1)n2C. The van der Waals surface area contributed by atoms with E-state index in [4.69, 9.17) is 16.6 Å². The highest BCUT2D eigenvalue weighted by Gasteiger charge is 2.29. The van der Waals surface area contributed by atoms with Crippen LogP contribution in [0.3, 0.4) is 0 Å². The summed E-state index contributed by atoms with van der Waals surface area (Å²) in [6, 6.07) is 11.8. The Kier molecular flexibility index (Phi) is 6.26. The lowest BCUT2D eigenvalue weighted by Crippen LogP contribution is -2.48. The largest absolute Gasteiger partial charge is 0.345 e. The highest BCUT2D eigenvalue weighted by molar-refractivity contribution is 7.89. The lowest BCUT2D eigenvalue weighted by Gasteiger charge is -2.33. The fraction of sp³-hybridized carbons (Fsp3) is 0.364. The van der Waals surface area contributed by atoms with Crippen molar-refractivity contribution < 1.29 is 13.2 Å². The number of imidazole rings is 1. The van der Waals surface area contributed by atoms with Gasteiger partial charge in [-0.25, -0.2) is 13.4 Å². The van der Waals surface area contributed by atoms with Gasteiger partial charge in [-0.05, 0) is 42.5 Å². The number of carbonyl (C=O) groups excluding carboxylic acids is 1. The molecule has 0 N–H and O–H groups in total. The van der Waals surface area contributed by atoms with Crippen molar-refractivity contribution in [1.82, 2.24) is 23.7 Å². The van der Waals surface area contributed by atoms with E-state index in [1.165, 1.54) is 4.31 Å². The van der Waals surface area contributed by atoms with Crippen molar-refractivity contribution in [3.63, 3.8) is 0 Å². The van der Waals surface area contributed by atoms with E-state index in [1.807, 2.05) is 29.8 Å². The van der Waals surface area contributed by atoms with Crippen LogP contribution in [0.5, 0.6) is 0 Å². The summed E-state index contributed by atoms with van der Waals surface area (Å²) < 4.78 is 29.3. The summed E-state index contributed by atoms with van der Waals surface area (Å²) in [6.45, 7) is 2.66. The summed E-state index contributed by atoms with van der Waals surface area (Å²) in [7, 11) is 1.88. The number of aromatic nitrogens is 2. The first-order valence-electron chi connectivity index (χ1n) is 10.3. The first-order valence-corrected chi connectivity index (χ1v) is 12.1. The first-order chi connectivity index (χ1) is 15.2. The maximum Gasteiger partial charge on any atom is 0.253 e. The number of rotatable bonds is 5. The summed E-state index contributed by atoms with van der Waals surface area (Å²) in [5.41, 5.74) is 2.34. The van der Waals surface area contributed by atoms with Crippen LogP contribution in [0, 0.1) is 0 Å². The molecule has 0 spiro atoms. The van der Waals surface area contributed by atoms with Gasteiger partial charge in [-0.2, -0.15) is 4.31 Å². The molecule has 0 saturated carbocycles. The van der Waals surface area contributed by atoms with Gasteiger partial charge in [0, 0.05) is 57.9 Å². The van der Waals surface area contributed by atoms with E-state index < -0.39 is 10.0 Å². The quantitative estimate of drug-likeness (QED) is 0.566. The Morgan fingerprint density at radius 2 is 1.72 bits per heavy atom. The lowest BCUT2D eigenvalue weighted by molar-refractivity contribution is 0.0827. The maximum absolute atomic E-state index is 12.9. The molecule has 2 heterocycles. The van der Waals surface area contributed by atoms with Crippen molar-refractivity contribution in [2.75, 3.05) is 40.3 Å². The van der Waals surface area contributed by atoms with Crippen molar-refractivity contribution in [3.05, 3.63) is 58.9 Å². The Labute approximate surface area is 193 Å². The van der Waals surface area contributed by atoms with Crippen molar-refractivity contribution in [2.24, 2.45) is 7.05 Å². The third kappa shape index (κ3) is 4.38. The van der Waals surface area contributed by atoms with Crippen LogP contribution in [0.1, 0.15) is 16.2 Å². The van der Waals surface area contributed by atoms with E-state index >= 15 is 0 Å². The minimum atomic E-state index is -3.53. The van der Waals surface area contributed by atoms with Gasteiger partial charge in [0.2, 0.25) is 10.0 Å². The Morgan fingerprint density at radius 1 is 1.06 bits per heavy atom. The first kappa shape index (κ1) is 22.7. The Bertz CT molecular complexity index is 1250. The number of piperazine rings is 1. The summed E-state index contributed by atoms with van der Waals surface area (Å²) in [5.74, 6) is 0.820. The molecule has 0 unspecified atom stereocenters. The zero-order valence-electron chi connectivity index (χ0n) is 18.3. The number of fused-ring (bicyclic) bond motifs is 1. The normalized spacial score (nSPS) is 15.9. The number of hydrogen-bond acceptors (Lipinski definition) is 5. The number of aryl methyl sites for hydroxylation is 1. The zero-order valence-corrected chi connectivity index (χ0v) is 19.9. The highest BCUT2D eigenvalue weighted by atomic mass is 35.5. The second-order valence-corrected chi connectivity index (χ2v) is 10.5. The number of halogens is 1. The number of nitrogens with zero attached hydrogens (tertiary/aromatic N) is 5. The average molecular weight is 476 g/mol. The number of amides is 1. The van der Waals surface area contributed by atoms with E-state index in [0.717, 1.165) is 16.9 Å². The van der Waals surface area contributed by atoms with E-state index in [-0.39, 0.29) is 10.8 Å². The average Bonchev–Trinajstić information content (AvgIpc) is 3.08. The molecule has 1 aromatic heterocycles. The minimum Gasteiger partial charge on any atom is -0.345 e. The second-order valence-electron chi connectivity index (χ2n) is 8.12. The summed E-state index contributed by atoms with van der Waals surface area (Å²) >= 11 is 5.88. The highest BCUT2D eigenvalue weighted by Crippen LogP contribution is 2.22. The second kappa shape index (κ2) is 8.82. The smallest absolute Gasteiger partial charge is 0.253 e. The standard InChI is InChI=1S/C22H26ClN5O3S/c1-25(2)22(29)16-4-9-20-19(14-16)24-21(26(20)3)15-27-10-12-28(13-11-27)32(30,31)18-7-5-17(23)6-8-18/h4-9,14H,10-13,15H2,1-3H3. The maximum atomic E-state index is 12.9. The molecule has 1 fully saturated rings. The molecule has 0 aliphatic carbocycles. The minimum absolute atomic E-state index is 0.0582. The Morgan fingerprint density at radius 3 is 2.34 bits per heavy atom. The van der Waals surface area contributed by atoms with Crippen LogP contribution in [-0.2, 0) is 23.6 Å². The van der Waals surface area contributed by atoms with Gasteiger partial charge in [-0.3, -0.25) is 9.69 Å². The molecule has 1 amide bonds. The topological polar surface area (TPSA) is 78.8 Å². The van der Waals surface area contributed by atoms with Gasteiger partial charge in [-0.1, -0.05) is 11.6 Å². The number of hydrogen-bond donors (Lipinski definition) is 0. The zero-order chi connectivity index (χ0) is 23.0. The molecule has 3 aromatic rings. The van der Waals surface area contributed by atoms with Gasteiger partial charge in [0.1, 0.15) is 5.82 Å². The monoisotopic (exact) mass is 475 g/mol. The van der Waals surface area contributed by atoms with Crippen LogP contribution >= 0.6 is 11.6 Å².